The Kier molecular flexibility index (Phi) is 6.26. The predicted molar refractivity (Wildman–Crippen MR) is 127 cm³/mol. The standard InChI is InChI=1S/C21H22ClN3O4S3/c22-14-7-8-16-18(12-14)31-21(23-16)24(13-15-4-2-10-29-15)20(26)17-5-1-9-25(17)32(27,28)19-6-3-11-30-19/h3,6-8,11-12,15,17H,1-2,4-5,9-10,13H2. The first-order valence-electron chi connectivity index (χ1n) is 10.5. The van der Waals surface area contributed by atoms with Gasteiger partial charge in [-0.2, -0.15) is 4.31 Å². The smallest absolute Gasteiger partial charge is 0.253 e. The van der Waals surface area contributed by atoms with Crippen molar-refractivity contribution >= 4 is 65.6 Å². The van der Waals surface area contributed by atoms with Crippen molar-refractivity contribution in [2.45, 2.75) is 42.0 Å². The molecule has 2 unspecified atom stereocenters. The Morgan fingerprint density at radius 1 is 1.28 bits per heavy atom. The number of aromatic nitrogens is 1. The van der Waals surface area contributed by atoms with Gasteiger partial charge in [-0.3, -0.25) is 9.69 Å². The lowest BCUT2D eigenvalue weighted by atomic mass is 10.2. The molecule has 1 aromatic carbocycles. The number of halogens is 1. The summed E-state index contributed by atoms with van der Waals surface area (Å²) in [7, 11) is -3.72. The Labute approximate surface area is 199 Å². The van der Waals surface area contributed by atoms with Crippen LogP contribution in [0.25, 0.3) is 10.2 Å². The van der Waals surface area contributed by atoms with E-state index in [1.807, 2.05) is 12.1 Å². The third-order valence-electron chi connectivity index (χ3n) is 5.79. The van der Waals surface area contributed by atoms with Crippen molar-refractivity contribution in [1.82, 2.24) is 9.29 Å². The summed E-state index contributed by atoms with van der Waals surface area (Å²) in [6, 6.07) is 7.97. The minimum Gasteiger partial charge on any atom is -0.376 e. The van der Waals surface area contributed by atoms with Crippen LogP contribution in [0.4, 0.5) is 5.13 Å². The van der Waals surface area contributed by atoms with E-state index in [9.17, 15) is 13.2 Å². The normalized spacial score (nSPS) is 22.0. The molecule has 2 fully saturated rings. The van der Waals surface area contributed by atoms with Gasteiger partial charge in [0.05, 0.1) is 22.9 Å². The van der Waals surface area contributed by atoms with Crippen LogP contribution in [0.3, 0.4) is 0 Å². The van der Waals surface area contributed by atoms with Gasteiger partial charge in [0, 0.05) is 18.2 Å². The quantitative estimate of drug-likeness (QED) is 0.490. The zero-order valence-corrected chi connectivity index (χ0v) is 20.4. The number of rotatable bonds is 6. The average molecular weight is 512 g/mol. The van der Waals surface area contributed by atoms with Gasteiger partial charge in [0.2, 0.25) is 5.91 Å². The molecular formula is C21H22ClN3O4S3. The highest BCUT2D eigenvalue weighted by Gasteiger charge is 2.43. The molecule has 0 spiro atoms. The molecule has 170 valence electrons. The SMILES string of the molecule is O=C(C1CCCN1S(=O)(=O)c1cccs1)N(CC1CCCO1)c1nc2ccc(Cl)cc2s1. The third-order valence-corrected chi connectivity index (χ3v) is 10.4. The molecule has 32 heavy (non-hydrogen) atoms. The highest BCUT2D eigenvalue weighted by atomic mass is 35.5. The molecule has 2 aliphatic rings. The summed E-state index contributed by atoms with van der Waals surface area (Å²) in [4.78, 5) is 20.1. The molecule has 0 aliphatic carbocycles. The number of amides is 1. The molecular weight excluding hydrogens is 490 g/mol. The molecule has 3 aromatic rings. The lowest BCUT2D eigenvalue weighted by Crippen LogP contribution is -2.49. The Balaban J connectivity index is 1.49. The number of anilines is 1. The number of hydrogen-bond donors (Lipinski definition) is 0. The van der Waals surface area contributed by atoms with E-state index in [0.29, 0.717) is 42.7 Å². The number of carbonyl (C=O) groups is 1. The molecule has 4 heterocycles. The summed E-state index contributed by atoms with van der Waals surface area (Å²) < 4.78 is 34.7. The lowest BCUT2D eigenvalue weighted by Gasteiger charge is -2.29. The number of sulfonamides is 1. The van der Waals surface area contributed by atoms with Crippen LogP contribution in [0.2, 0.25) is 5.02 Å². The number of thiazole rings is 1. The zero-order valence-electron chi connectivity index (χ0n) is 17.1. The maximum absolute atomic E-state index is 13.8. The van der Waals surface area contributed by atoms with Crippen LogP contribution in [-0.2, 0) is 19.6 Å². The van der Waals surface area contributed by atoms with E-state index in [2.05, 4.69) is 4.98 Å². The summed E-state index contributed by atoms with van der Waals surface area (Å²) >= 11 is 8.69. The molecule has 2 aromatic heterocycles. The van der Waals surface area contributed by atoms with Crippen LogP contribution in [0.5, 0.6) is 0 Å². The van der Waals surface area contributed by atoms with E-state index >= 15 is 0 Å². The Hall–Kier alpha value is -1.56. The molecule has 2 saturated heterocycles. The first-order chi connectivity index (χ1) is 15.4. The summed E-state index contributed by atoms with van der Waals surface area (Å²) in [5.74, 6) is -0.247. The minimum atomic E-state index is -3.72. The maximum Gasteiger partial charge on any atom is 0.253 e. The first kappa shape index (κ1) is 22.2. The van der Waals surface area contributed by atoms with Gasteiger partial charge in [0.25, 0.3) is 10.0 Å². The Morgan fingerprint density at radius 3 is 2.91 bits per heavy atom. The lowest BCUT2D eigenvalue weighted by molar-refractivity contribution is -0.122. The Bertz CT molecular complexity index is 1220. The van der Waals surface area contributed by atoms with Crippen molar-refractivity contribution in [3.8, 4) is 0 Å². The van der Waals surface area contributed by atoms with E-state index in [-0.39, 0.29) is 16.2 Å². The van der Waals surface area contributed by atoms with E-state index < -0.39 is 16.1 Å². The van der Waals surface area contributed by atoms with Gasteiger partial charge >= 0.3 is 0 Å². The van der Waals surface area contributed by atoms with Gasteiger partial charge in [-0.1, -0.05) is 29.0 Å². The number of fused-ring (bicyclic) bond motifs is 1. The molecule has 0 bridgehead atoms. The molecule has 5 rings (SSSR count). The highest BCUT2D eigenvalue weighted by molar-refractivity contribution is 7.91. The zero-order chi connectivity index (χ0) is 22.3. The molecule has 0 radical (unpaired) electrons. The second-order valence-electron chi connectivity index (χ2n) is 7.90. The van der Waals surface area contributed by atoms with Crippen molar-refractivity contribution in [1.29, 1.82) is 0 Å². The number of nitrogens with zero attached hydrogens (tertiary/aromatic N) is 3. The second-order valence-corrected chi connectivity index (χ2v) is 12.4. The summed E-state index contributed by atoms with van der Waals surface area (Å²) in [6.45, 7) is 1.36. The van der Waals surface area contributed by atoms with Crippen molar-refractivity contribution in [2.75, 3.05) is 24.6 Å². The highest BCUT2D eigenvalue weighted by Crippen LogP contribution is 2.35. The second kappa shape index (κ2) is 9.00. The summed E-state index contributed by atoms with van der Waals surface area (Å²) in [5.41, 5.74) is 0.758. The molecule has 11 heteroatoms. The van der Waals surface area contributed by atoms with Crippen LogP contribution in [0.1, 0.15) is 25.7 Å². The maximum atomic E-state index is 13.8. The van der Waals surface area contributed by atoms with Gasteiger partial charge in [-0.15, -0.1) is 11.3 Å². The van der Waals surface area contributed by atoms with E-state index in [1.165, 1.54) is 27.0 Å². The van der Waals surface area contributed by atoms with Crippen molar-refractivity contribution in [3.05, 3.63) is 40.7 Å². The van der Waals surface area contributed by atoms with Gasteiger partial charge in [-0.25, -0.2) is 13.4 Å². The molecule has 7 nitrogen and oxygen atoms in total. The molecule has 0 N–H and O–H groups in total. The number of thiophene rings is 1. The van der Waals surface area contributed by atoms with Crippen LogP contribution >= 0.6 is 34.3 Å². The van der Waals surface area contributed by atoms with Gasteiger partial charge in [0.15, 0.2) is 5.13 Å². The van der Waals surface area contributed by atoms with Gasteiger partial charge < -0.3 is 4.74 Å². The van der Waals surface area contributed by atoms with Crippen LogP contribution in [0, 0.1) is 0 Å². The number of benzene rings is 1. The van der Waals surface area contributed by atoms with E-state index in [0.717, 1.165) is 23.1 Å². The predicted octanol–water partition coefficient (Wildman–Crippen LogP) is 4.38. The molecule has 1 amide bonds. The fourth-order valence-electron chi connectivity index (χ4n) is 4.24. The molecule has 2 aliphatic heterocycles. The largest absolute Gasteiger partial charge is 0.376 e. The van der Waals surface area contributed by atoms with Gasteiger partial charge in [0.1, 0.15) is 10.3 Å². The van der Waals surface area contributed by atoms with Crippen LogP contribution in [-0.4, -0.2) is 55.5 Å². The van der Waals surface area contributed by atoms with E-state index in [4.69, 9.17) is 16.3 Å². The number of hydrogen-bond acceptors (Lipinski definition) is 7. The van der Waals surface area contributed by atoms with Crippen LogP contribution in [0.15, 0.2) is 39.9 Å². The monoisotopic (exact) mass is 511 g/mol. The Morgan fingerprint density at radius 2 is 2.16 bits per heavy atom. The number of ether oxygens (including phenoxy) is 1. The topological polar surface area (TPSA) is 79.8 Å². The minimum absolute atomic E-state index is 0.0849. The number of carbonyl (C=O) groups excluding carboxylic acids is 1. The summed E-state index contributed by atoms with van der Waals surface area (Å²) in [6.07, 6.45) is 2.86. The summed E-state index contributed by atoms with van der Waals surface area (Å²) in [5, 5.41) is 2.88. The van der Waals surface area contributed by atoms with Crippen molar-refractivity contribution in [3.63, 3.8) is 0 Å². The van der Waals surface area contributed by atoms with Crippen molar-refractivity contribution in [2.24, 2.45) is 0 Å². The average Bonchev–Trinajstić information content (AvgIpc) is 3.56. The fraction of sp³-hybridized carbons (Fsp3) is 0.429. The molecule has 0 saturated carbocycles. The van der Waals surface area contributed by atoms with Crippen molar-refractivity contribution < 1.29 is 17.9 Å². The fourth-order valence-corrected chi connectivity index (χ4v) is 8.26. The molecule has 2 atom stereocenters. The first-order valence-corrected chi connectivity index (χ1v) is 14.0. The van der Waals surface area contributed by atoms with E-state index in [1.54, 1.807) is 28.5 Å². The third kappa shape index (κ3) is 4.20. The van der Waals surface area contributed by atoms with Gasteiger partial charge in [-0.05, 0) is 55.3 Å². The van der Waals surface area contributed by atoms with Crippen LogP contribution < -0.4 is 4.90 Å².